The van der Waals surface area contributed by atoms with Crippen molar-refractivity contribution >= 4 is 8.07 Å². The molecular formula is C9H20OSi. The van der Waals surface area contributed by atoms with Gasteiger partial charge in [-0.15, -0.1) is 0 Å². The molecule has 0 aromatic heterocycles. The Balaban J connectivity index is 3.30. The van der Waals surface area contributed by atoms with Crippen molar-refractivity contribution in [3.63, 3.8) is 0 Å². The van der Waals surface area contributed by atoms with Crippen LogP contribution in [0.15, 0.2) is 12.2 Å². The van der Waals surface area contributed by atoms with Gasteiger partial charge in [-0.05, 0) is 18.9 Å². The molecule has 1 N–H and O–H groups in total. The summed E-state index contributed by atoms with van der Waals surface area (Å²) >= 11 is 0. The zero-order chi connectivity index (χ0) is 8.74. The highest BCUT2D eigenvalue weighted by molar-refractivity contribution is 6.76. The Labute approximate surface area is 71.1 Å². The molecule has 0 fully saturated rings. The van der Waals surface area contributed by atoms with E-state index in [2.05, 4.69) is 31.8 Å². The van der Waals surface area contributed by atoms with Gasteiger partial charge in [0.05, 0.1) is 0 Å². The van der Waals surface area contributed by atoms with Crippen LogP contribution < -0.4 is 0 Å². The molecule has 0 saturated carbocycles. The number of aliphatic hydroxyl groups is 1. The lowest BCUT2D eigenvalue weighted by Gasteiger charge is -2.11. The zero-order valence-electron chi connectivity index (χ0n) is 7.93. The largest absolute Gasteiger partial charge is 0.396 e. The number of unbranched alkanes of at least 4 members (excludes halogenated alkanes) is 1. The number of allylic oxidation sites excluding steroid dienone is 2. The molecule has 1 nitrogen and oxygen atoms in total. The highest BCUT2D eigenvalue weighted by Gasteiger charge is 2.08. The number of hydrogen-bond acceptors (Lipinski definition) is 1. The van der Waals surface area contributed by atoms with E-state index in [-0.39, 0.29) is 0 Å². The standard InChI is InChI=1S/C9H20OSi/c1-11(2,3)9-7-5-4-6-8-10/h5,7,10H,4,6,8-9H2,1-3H3/b7-5+. The lowest BCUT2D eigenvalue weighted by molar-refractivity contribution is 0.289. The van der Waals surface area contributed by atoms with Gasteiger partial charge in [-0.3, -0.25) is 0 Å². The predicted molar refractivity (Wildman–Crippen MR) is 53.6 cm³/mol. The Bertz CT molecular complexity index is 113. The molecule has 0 saturated heterocycles. The molecule has 66 valence electrons. The third kappa shape index (κ3) is 9.92. The monoisotopic (exact) mass is 172 g/mol. The summed E-state index contributed by atoms with van der Waals surface area (Å²) in [6, 6.07) is 1.26. The van der Waals surface area contributed by atoms with Gasteiger partial charge in [-0.2, -0.15) is 0 Å². The van der Waals surface area contributed by atoms with Gasteiger partial charge in [-0.25, -0.2) is 0 Å². The van der Waals surface area contributed by atoms with E-state index in [9.17, 15) is 0 Å². The van der Waals surface area contributed by atoms with Crippen molar-refractivity contribution in [1.82, 2.24) is 0 Å². The Kier molecular flexibility index (Phi) is 5.51. The fourth-order valence-corrected chi connectivity index (χ4v) is 1.64. The SMILES string of the molecule is C[Si](C)(C)C/C=C/CCCO. The Morgan fingerprint density at radius 1 is 1.18 bits per heavy atom. The van der Waals surface area contributed by atoms with Gasteiger partial charge in [-0.1, -0.05) is 31.8 Å². The van der Waals surface area contributed by atoms with Gasteiger partial charge in [0.1, 0.15) is 0 Å². The van der Waals surface area contributed by atoms with Crippen LogP contribution in [0.25, 0.3) is 0 Å². The molecule has 11 heavy (non-hydrogen) atoms. The second kappa shape index (κ2) is 5.55. The minimum Gasteiger partial charge on any atom is -0.396 e. The third-order valence-electron chi connectivity index (χ3n) is 1.43. The second-order valence-electron chi connectivity index (χ2n) is 4.10. The molecule has 0 bridgehead atoms. The Hall–Kier alpha value is -0.0831. The van der Waals surface area contributed by atoms with Crippen molar-refractivity contribution in [2.45, 2.75) is 38.5 Å². The highest BCUT2D eigenvalue weighted by atomic mass is 28.3. The van der Waals surface area contributed by atoms with E-state index < -0.39 is 8.07 Å². The summed E-state index contributed by atoms with van der Waals surface area (Å²) in [4.78, 5) is 0. The van der Waals surface area contributed by atoms with Crippen LogP contribution in [-0.2, 0) is 0 Å². The van der Waals surface area contributed by atoms with Gasteiger partial charge < -0.3 is 5.11 Å². The maximum absolute atomic E-state index is 8.50. The van der Waals surface area contributed by atoms with Crippen LogP contribution >= 0.6 is 0 Å². The van der Waals surface area contributed by atoms with E-state index >= 15 is 0 Å². The molecule has 0 heterocycles. The van der Waals surface area contributed by atoms with Crippen LogP contribution in [0, 0.1) is 0 Å². The molecule has 0 aromatic rings. The van der Waals surface area contributed by atoms with Gasteiger partial charge in [0.25, 0.3) is 0 Å². The van der Waals surface area contributed by atoms with E-state index in [1.807, 2.05) is 0 Å². The molecule has 0 aliphatic rings. The molecule has 0 spiro atoms. The molecule has 0 aliphatic carbocycles. The molecule has 0 atom stereocenters. The molecule has 0 rings (SSSR count). The van der Waals surface area contributed by atoms with Crippen LogP contribution in [0.1, 0.15) is 12.8 Å². The van der Waals surface area contributed by atoms with Gasteiger partial charge >= 0.3 is 0 Å². The van der Waals surface area contributed by atoms with E-state index in [4.69, 9.17) is 5.11 Å². The molecule has 0 unspecified atom stereocenters. The first-order chi connectivity index (χ1) is 5.06. The fraction of sp³-hybridized carbons (Fsp3) is 0.778. The van der Waals surface area contributed by atoms with Gasteiger partial charge in [0, 0.05) is 14.7 Å². The third-order valence-corrected chi connectivity index (χ3v) is 2.89. The second-order valence-corrected chi connectivity index (χ2v) is 9.63. The Morgan fingerprint density at radius 2 is 1.82 bits per heavy atom. The summed E-state index contributed by atoms with van der Waals surface area (Å²) in [6.07, 6.45) is 6.39. The molecule has 0 radical (unpaired) electrons. The average molecular weight is 172 g/mol. The first-order valence-corrected chi connectivity index (χ1v) is 8.03. The lowest BCUT2D eigenvalue weighted by atomic mass is 10.3. The molecule has 0 aliphatic heterocycles. The van der Waals surface area contributed by atoms with Crippen molar-refractivity contribution in [3.8, 4) is 0 Å². The van der Waals surface area contributed by atoms with Crippen molar-refractivity contribution < 1.29 is 5.11 Å². The molecule has 2 heteroatoms. The van der Waals surface area contributed by atoms with E-state index in [0.29, 0.717) is 6.61 Å². The Morgan fingerprint density at radius 3 is 2.27 bits per heavy atom. The van der Waals surface area contributed by atoms with Crippen LogP contribution in [-0.4, -0.2) is 19.8 Å². The summed E-state index contributed by atoms with van der Waals surface area (Å²) in [6.45, 7) is 7.41. The van der Waals surface area contributed by atoms with Crippen LogP contribution in [0.3, 0.4) is 0 Å². The van der Waals surface area contributed by atoms with E-state index in [1.54, 1.807) is 0 Å². The first-order valence-electron chi connectivity index (χ1n) is 4.32. The van der Waals surface area contributed by atoms with Gasteiger partial charge in [0.2, 0.25) is 0 Å². The highest BCUT2D eigenvalue weighted by Crippen LogP contribution is 2.08. The maximum atomic E-state index is 8.50. The summed E-state index contributed by atoms with van der Waals surface area (Å²) in [5, 5.41) is 8.50. The minimum absolute atomic E-state index is 0.317. The van der Waals surface area contributed by atoms with Crippen LogP contribution in [0.4, 0.5) is 0 Å². The van der Waals surface area contributed by atoms with E-state index in [0.717, 1.165) is 12.8 Å². The number of rotatable bonds is 5. The molecule has 0 amide bonds. The summed E-state index contributed by atoms with van der Waals surface area (Å²) in [5.41, 5.74) is 0. The molecule has 0 aromatic carbocycles. The number of aliphatic hydroxyl groups excluding tert-OH is 1. The van der Waals surface area contributed by atoms with E-state index in [1.165, 1.54) is 6.04 Å². The summed E-state index contributed by atoms with van der Waals surface area (Å²) in [7, 11) is -0.867. The van der Waals surface area contributed by atoms with Gasteiger partial charge in [0.15, 0.2) is 0 Å². The predicted octanol–water partition coefficient (Wildman–Crippen LogP) is 2.65. The topological polar surface area (TPSA) is 20.2 Å². The first kappa shape index (κ1) is 10.9. The smallest absolute Gasteiger partial charge is 0.0480 e. The number of hydrogen-bond donors (Lipinski definition) is 1. The molecular weight excluding hydrogens is 152 g/mol. The van der Waals surface area contributed by atoms with Crippen LogP contribution in [0.5, 0.6) is 0 Å². The zero-order valence-corrected chi connectivity index (χ0v) is 8.93. The summed E-state index contributed by atoms with van der Waals surface area (Å²) in [5.74, 6) is 0. The normalized spacial score (nSPS) is 12.7. The maximum Gasteiger partial charge on any atom is 0.0480 e. The quantitative estimate of drug-likeness (QED) is 0.384. The van der Waals surface area contributed by atoms with Crippen molar-refractivity contribution in [3.05, 3.63) is 12.2 Å². The summed E-state index contributed by atoms with van der Waals surface area (Å²) < 4.78 is 0. The fourth-order valence-electron chi connectivity index (χ4n) is 0.764. The average Bonchev–Trinajstić information content (AvgIpc) is 1.85. The minimum atomic E-state index is -0.867. The van der Waals surface area contributed by atoms with Crippen molar-refractivity contribution in [1.29, 1.82) is 0 Å². The van der Waals surface area contributed by atoms with Crippen molar-refractivity contribution in [2.75, 3.05) is 6.61 Å². The van der Waals surface area contributed by atoms with Crippen LogP contribution in [0.2, 0.25) is 25.7 Å². The van der Waals surface area contributed by atoms with Crippen molar-refractivity contribution in [2.24, 2.45) is 0 Å². The lowest BCUT2D eigenvalue weighted by Crippen LogP contribution is -2.17.